The number of aryl methyl sites for hydroxylation is 1. The van der Waals surface area contributed by atoms with Crippen molar-refractivity contribution < 1.29 is 4.79 Å². The van der Waals surface area contributed by atoms with E-state index in [4.69, 9.17) is 5.73 Å². The highest BCUT2D eigenvalue weighted by Crippen LogP contribution is 2.57. The molecule has 2 N–H and O–H groups in total. The van der Waals surface area contributed by atoms with Crippen LogP contribution in [0.5, 0.6) is 0 Å². The van der Waals surface area contributed by atoms with Gasteiger partial charge in [0, 0.05) is 5.41 Å². The van der Waals surface area contributed by atoms with E-state index in [1.807, 2.05) is 6.08 Å². The predicted octanol–water partition coefficient (Wildman–Crippen LogP) is 3.83. The largest absolute Gasteiger partial charge is 0.369 e. The second-order valence-corrected chi connectivity index (χ2v) is 7.26. The van der Waals surface area contributed by atoms with Gasteiger partial charge in [-0.05, 0) is 53.7 Å². The molecule has 2 aliphatic rings. The van der Waals surface area contributed by atoms with Gasteiger partial charge in [0.05, 0.1) is 0 Å². The second-order valence-electron chi connectivity index (χ2n) is 7.26. The van der Waals surface area contributed by atoms with E-state index >= 15 is 0 Å². The Kier molecular flexibility index (Phi) is 3.23. The van der Waals surface area contributed by atoms with Gasteiger partial charge in [-0.1, -0.05) is 51.1 Å². The Morgan fingerprint density at radius 1 is 1.38 bits per heavy atom. The van der Waals surface area contributed by atoms with Gasteiger partial charge >= 0.3 is 0 Å². The molecular formula is C19H25NO. The normalized spacial score (nSPS) is 34.7. The van der Waals surface area contributed by atoms with Gasteiger partial charge < -0.3 is 5.73 Å². The molecule has 21 heavy (non-hydrogen) atoms. The maximum Gasteiger partial charge on any atom is 0.223 e. The van der Waals surface area contributed by atoms with Crippen LogP contribution < -0.4 is 5.73 Å². The quantitative estimate of drug-likeness (QED) is 0.880. The molecule has 2 aliphatic carbocycles. The Hall–Kier alpha value is -1.57. The molecule has 0 radical (unpaired) electrons. The lowest BCUT2D eigenvalue weighted by Gasteiger charge is -2.54. The third-order valence-corrected chi connectivity index (χ3v) is 6.18. The van der Waals surface area contributed by atoms with Crippen LogP contribution in [0.1, 0.15) is 56.2 Å². The number of nitrogens with two attached hydrogens (primary N) is 1. The summed E-state index contributed by atoms with van der Waals surface area (Å²) in [5.74, 6) is 0.239. The first-order valence-electron chi connectivity index (χ1n) is 7.97. The summed E-state index contributed by atoms with van der Waals surface area (Å²) < 4.78 is 0. The molecular weight excluding hydrogens is 258 g/mol. The SMILES string of the molecule is C=Cc1ccc2c(c1)CCC1C(C)(C(N)=O)CCCC21C. The van der Waals surface area contributed by atoms with Gasteiger partial charge in [-0.3, -0.25) is 4.79 Å². The summed E-state index contributed by atoms with van der Waals surface area (Å²) in [6.07, 6.45) is 7.17. The minimum atomic E-state index is -0.359. The molecule has 1 fully saturated rings. The Labute approximate surface area is 127 Å². The number of hydrogen-bond acceptors (Lipinski definition) is 1. The maximum absolute atomic E-state index is 12.1. The molecule has 0 saturated heterocycles. The van der Waals surface area contributed by atoms with Crippen molar-refractivity contribution in [2.24, 2.45) is 17.1 Å². The Balaban J connectivity index is 2.11. The highest BCUT2D eigenvalue weighted by molar-refractivity contribution is 5.81. The van der Waals surface area contributed by atoms with Crippen LogP contribution in [0.4, 0.5) is 0 Å². The molecule has 3 rings (SSSR count). The van der Waals surface area contributed by atoms with E-state index in [0.717, 1.165) is 32.1 Å². The topological polar surface area (TPSA) is 43.1 Å². The first-order chi connectivity index (χ1) is 9.91. The summed E-state index contributed by atoms with van der Waals surface area (Å²) in [6.45, 7) is 8.28. The molecule has 112 valence electrons. The van der Waals surface area contributed by atoms with Gasteiger partial charge in [-0.15, -0.1) is 0 Å². The number of carbonyl (C=O) groups excluding carboxylic acids is 1. The first-order valence-corrected chi connectivity index (χ1v) is 7.97. The zero-order valence-corrected chi connectivity index (χ0v) is 13.1. The second kappa shape index (κ2) is 4.72. The summed E-state index contributed by atoms with van der Waals surface area (Å²) in [7, 11) is 0. The molecule has 1 saturated carbocycles. The van der Waals surface area contributed by atoms with Gasteiger partial charge in [0.1, 0.15) is 0 Å². The number of hydrogen-bond donors (Lipinski definition) is 1. The molecule has 2 heteroatoms. The van der Waals surface area contributed by atoms with Crippen LogP contribution in [0.2, 0.25) is 0 Å². The highest BCUT2D eigenvalue weighted by Gasteiger charge is 2.54. The third kappa shape index (κ3) is 1.96. The Bertz CT molecular complexity index is 606. The van der Waals surface area contributed by atoms with E-state index in [1.165, 1.54) is 16.7 Å². The fraction of sp³-hybridized carbons (Fsp3) is 0.526. The summed E-state index contributed by atoms with van der Waals surface area (Å²) in [4.78, 5) is 12.1. The molecule has 3 unspecified atom stereocenters. The van der Waals surface area contributed by atoms with Crippen molar-refractivity contribution >= 4 is 12.0 Å². The average molecular weight is 283 g/mol. The monoisotopic (exact) mass is 283 g/mol. The number of carbonyl (C=O) groups is 1. The van der Waals surface area contributed by atoms with Crippen molar-refractivity contribution in [2.45, 2.75) is 51.4 Å². The van der Waals surface area contributed by atoms with Crippen molar-refractivity contribution in [1.82, 2.24) is 0 Å². The average Bonchev–Trinajstić information content (AvgIpc) is 2.46. The van der Waals surface area contributed by atoms with E-state index in [1.54, 1.807) is 0 Å². The standard InChI is InChI=1S/C19H25NO/c1-4-13-6-8-15-14(12-13)7-9-16-18(15,2)10-5-11-19(16,3)17(20)21/h4,6,8,12,16H,1,5,7,9-11H2,2-3H3,(H2,20,21). The fourth-order valence-corrected chi connectivity index (χ4v) is 4.93. The van der Waals surface area contributed by atoms with E-state index in [9.17, 15) is 4.79 Å². The van der Waals surface area contributed by atoms with E-state index in [0.29, 0.717) is 5.92 Å². The number of primary amides is 1. The molecule has 2 nitrogen and oxygen atoms in total. The number of rotatable bonds is 2. The predicted molar refractivity (Wildman–Crippen MR) is 86.8 cm³/mol. The van der Waals surface area contributed by atoms with Crippen molar-refractivity contribution in [3.05, 3.63) is 41.5 Å². The molecule has 1 aromatic carbocycles. The minimum Gasteiger partial charge on any atom is -0.369 e. The van der Waals surface area contributed by atoms with Crippen LogP contribution in [0.15, 0.2) is 24.8 Å². The Morgan fingerprint density at radius 2 is 2.14 bits per heavy atom. The van der Waals surface area contributed by atoms with Crippen molar-refractivity contribution in [3.8, 4) is 0 Å². The van der Waals surface area contributed by atoms with Crippen LogP contribution in [0.3, 0.4) is 0 Å². The number of benzene rings is 1. The minimum absolute atomic E-state index is 0.0787. The van der Waals surface area contributed by atoms with Crippen LogP contribution in [-0.2, 0) is 16.6 Å². The van der Waals surface area contributed by atoms with Gasteiger partial charge in [0.25, 0.3) is 0 Å². The molecule has 0 heterocycles. The lowest BCUT2D eigenvalue weighted by molar-refractivity contribution is -0.135. The molecule has 1 amide bonds. The van der Waals surface area contributed by atoms with Crippen LogP contribution >= 0.6 is 0 Å². The number of fused-ring (bicyclic) bond motifs is 3. The van der Waals surface area contributed by atoms with Crippen LogP contribution in [-0.4, -0.2) is 5.91 Å². The smallest absolute Gasteiger partial charge is 0.223 e. The van der Waals surface area contributed by atoms with E-state index in [2.05, 4.69) is 38.6 Å². The zero-order valence-electron chi connectivity index (χ0n) is 13.1. The van der Waals surface area contributed by atoms with Crippen LogP contribution in [0, 0.1) is 11.3 Å². The first kappa shape index (κ1) is 14.4. The van der Waals surface area contributed by atoms with Crippen molar-refractivity contribution in [3.63, 3.8) is 0 Å². The van der Waals surface area contributed by atoms with E-state index < -0.39 is 0 Å². The van der Waals surface area contributed by atoms with Gasteiger partial charge in [0.2, 0.25) is 5.91 Å². The summed E-state index contributed by atoms with van der Waals surface area (Å²) in [5.41, 5.74) is 9.54. The molecule has 0 bridgehead atoms. The highest BCUT2D eigenvalue weighted by atomic mass is 16.1. The van der Waals surface area contributed by atoms with Gasteiger partial charge in [-0.2, -0.15) is 0 Å². The third-order valence-electron chi connectivity index (χ3n) is 6.18. The summed E-state index contributed by atoms with van der Waals surface area (Å²) in [5, 5.41) is 0. The van der Waals surface area contributed by atoms with Crippen molar-refractivity contribution in [2.75, 3.05) is 0 Å². The zero-order chi connectivity index (χ0) is 15.3. The molecule has 0 aliphatic heterocycles. The van der Waals surface area contributed by atoms with Crippen molar-refractivity contribution in [1.29, 1.82) is 0 Å². The molecule has 0 aromatic heterocycles. The lowest BCUT2D eigenvalue weighted by atomic mass is 9.49. The van der Waals surface area contributed by atoms with Gasteiger partial charge in [-0.25, -0.2) is 0 Å². The van der Waals surface area contributed by atoms with Gasteiger partial charge in [0.15, 0.2) is 0 Å². The number of amides is 1. The van der Waals surface area contributed by atoms with E-state index in [-0.39, 0.29) is 16.7 Å². The summed E-state index contributed by atoms with van der Waals surface area (Å²) >= 11 is 0. The Morgan fingerprint density at radius 3 is 2.81 bits per heavy atom. The fourth-order valence-electron chi connectivity index (χ4n) is 4.93. The summed E-state index contributed by atoms with van der Waals surface area (Å²) in [6, 6.07) is 6.67. The maximum atomic E-state index is 12.1. The van der Waals surface area contributed by atoms with Crippen LogP contribution in [0.25, 0.3) is 6.08 Å². The molecule has 3 atom stereocenters. The lowest BCUT2D eigenvalue weighted by Crippen LogP contribution is -2.54. The molecule has 0 spiro atoms. The molecule has 1 aromatic rings.